The van der Waals surface area contributed by atoms with E-state index in [1.807, 2.05) is 6.07 Å². The number of ketones is 1. The molecule has 1 atom stereocenters. The molecule has 0 amide bonds. The number of carboxylic acid groups (broad SMARTS) is 1. The summed E-state index contributed by atoms with van der Waals surface area (Å²) in [5.74, 6) is -1.54. The number of carbonyl (C=O) groups is 2. The van der Waals surface area contributed by atoms with Crippen LogP contribution in [0.3, 0.4) is 0 Å². The minimum atomic E-state index is -1.34. The van der Waals surface area contributed by atoms with E-state index in [1.165, 1.54) is 11.1 Å². The molecule has 21 heavy (non-hydrogen) atoms. The van der Waals surface area contributed by atoms with Crippen LogP contribution in [0.25, 0.3) is 0 Å². The summed E-state index contributed by atoms with van der Waals surface area (Å²) in [6.45, 7) is 11.4. The fourth-order valence-corrected chi connectivity index (χ4v) is 3.58. The normalized spacial score (nSPS) is 21.9. The largest absolute Gasteiger partial charge is 0.476 e. The number of hydrogen-bond acceptors (Lipinski definition) is 2. The third-order valence-corrected chi connectivity index (χ3v) is 5.52. The summed E-state index contributed by atoms with van der Waals surface area (Å²) in [7, 11) is 0. The van der Waals surface area contributed by atoms with Gasteiger partial charge in [-0.05, 0) is 39.9 Å². The Labute approximate surface area is 126 Å². The van der Waals surface area contributed by atoms with Crippen LogP contribution in [-0.2, 0) is 26.8 Å². The molecule has 3 nitrogen and oxygen atoms in total. The van der Waals surface area contributed by atoms with E-state index in [1.54, 1.807) is 0 Å². The molecule has 0 saturated carbocycles. The second-order valence-electron chi connectivity index (χ2n) is 7.27. The predicted octanol–water partition coefficient (Wildman–Crippen LogP) is 3.48. The topological polar surface area (TPSA) is 54.4 Å². The molecule has 0 heterocycles. The number of benzene rings is 1. The van der Waals surface area contributed by atoms with Gasteiger partial charge in [0.15, 0.2) is 0 Å². The number of aliphatic carboxylic acids is 1. The lowest BCUT2D eigenvalue weighted by atomic mass is 9.71. The van der Waals surface area contributed by atoms with E-state index in [0.29, 0.717) is 12.3 Å². The van der Waals surface area contributed by atoms with Crippen LogP contribution in [0.15, 0.2) is 18.2 Å². The van der Waals surface area contributed by atoms with Crippen molar-refractivity contribution in [2.45, 2.75) is 58.3 Å². The van der Waals surface area contributed by atoms with Crippen molar-refractivity contribution >= 4 is 11.8 Å². The molecule has 0 saturated heterocycles. The minimum Gasteiger partial charge on any atom is -0.476 e. The van der Waals surface area contributed by atoms with Crippen LogP contribution in [0, 0.1) is 5.92 Å². The summed E-state index contributed by atoms with van der Waals surface area (Å²) in [5.41, 5.74) is 3.97. The molecular formula is C18H24O3. The van der Waals surface area contributed by atoms with Crippen molar-refractivity contribution in [3.8, 4) is 0 Å². The Hall–Kier alpha value is -1.64. The first-order valence-electron chi connectivity index (χ1n) is 7.48. The van der Waals surface area contributed by atoms with Gasteiger partial charge in [0.05, 0.1) is 0 Å². The second kappa shape index (κ2) is 4.97. The molecule has 3 heteroatoms. The molecule has 1 unspecified atom stereocenters. The van der Waals surface area contributed by atoms with E-state index in [9.17, 15) is 9.59 Å². The van der Waals surface area contributed by atoms with Gasteiger partial charge in [-0.25, -0.2) is 4.79 Å². The number of carbonyl (C=O) groups excluding carboxylic acids is 1. The van der Waals surface area contributed by atoms with Crippen LogP contribution >= 0.6 is 0 Å². The summed E-state index contributed by atoms with van der Waals surface area (Å²) >= 11 is 0. The average molecular weight is 288 g/mol. The highest BCUT2D eigenvalue weighted by atomic mass is 16.4. The number of rotatable bonds is 4. The lowest BCUT2D eigenvalue weighted by Gasteiger charge is -2.32. The van der Waals surface area contributed by atoms with Crippen molar-refractivity contribution in [1.82, 2.24) is 0 Å². The zero-order chi connectivity index (χ0) is 16.0. The van der Waals surface area contributed by atoms with Crippen LogP contribution in [0.2, 0.25) is 0 Å². The van der Waals surface area contributed by atoms with Crippen molar-refractivity contribution < 1.29 is 14.7 Å². The third-order valence-electron chi connectivity index (χ3n) is 5.52. The van der Waals surface area contributed by atoms with Crippen molar-refractivity contribution in [3.63, 3.8) is 0 Å². The molecule has 1 aromatic carbocycles. The average Bonchev–Trinajstić information content (AvgIpc) is 2.55. The summed E-state index contributed by atoms with van der Waals surface area (Å²) in [4.78, 5) is 21.8. The molecule has 1 aliphatic rings. The number of Topliss-reactive ketones (excluding diaryl/α,β-unsaturated/α-hetero) is 1. The van der Waals surface area contributed by atoms with Crippen molar-refractivity contribution in [3.05, 3.63) is 34.9 Å². The smallest absolute Gasteiger partial charge is 0.372 e. The Morgan fingerprint density at radius 1 is 1.10 bits per heavy atom. The zero-order valence-corrected chi connectivity index (χ0v) is 13.5. The van der Waals surface area contributed by atoms with Gasteiger partial charge in [0.2, 0.25) is 5.78 Å². The van der Waals surface area contributed by atoms with Crippen LogP contribution in [0.1, 0.15) is 57.7 Å². The van der Waals surface area contributed by atoms with E-state index in [0.717, 1.165) is 5.56 Å². The van der Waals surface area contributed by atoms with Crippen LogP contribution in [0.5, 0.6) is 0 Å². The monoisotopic (exact) mass is 288 g/mol. The highest BCUT2D eigenvalue weighted by Crippen LogP contribution is 2.53. The molecule has 114 valence electrons. The maximum atomic E-state index is 11.2. The molecule has 0 aromatic heterocycles. The van der Waals surface area contributed by atoms with Gasteiger partial charge in [-0.15, -0.1) is 0 Å². The standard InChI is InChI=1S/C18H24O3/c1-11-17(2,3)13-8-6-12(7-9-15(19)16(20)21)10-14(13)18(11,4)5/h6,8,10-11H,7,9H2,1-5H3,(H,20,21). The van der Waals surface area contributed by atoms with Crippen molar-refractivity contribution in [1.29, 1.82) is 0 Å². The zero-order valence-electron chi connectivity index (χ0n) is 13.5. The van der Waals surface area contributed by atoms with E-state index in [4.69, 9.17) is 5.11 Å². The molecule has 1 aromatic rings. The predicted molar refractivity (Wildman–Crippen MR) is 82.6 cm³/mol. The highest BCUT2D eigenvalue weighted by Gasteiger charge is 2.48. The van der Waals surface area contributed by atoms with E-state index >= 15 is 0 Å². The van der Waals surface area contributed by atoms with Gasteiger partial charge in [0, 0.05) is 6.42 Å². The highest BCUT2D eigenvalue weighted by molar-refractivity contribution is 6.32. The van der Waals surface area contributed by atoms with Gasteiger partial charge in [-0.1, -0.05) is 52.8 Å². The fourth-order valence-electron chi connectivity index (χ4n) is 3.58. The lowest BCUT2D eigenvalue weighted by molar-refractivity contribution is -0.149. The maximum Gasteiger partial charge on any atom is 0.372 e. The van der Waals surface area contributed by atoms with Crippen LogP contribution < -0.4 is 0 Å². The molecule has 0 aliphatic heterocycles. The Morgan fingerprint density at radius 3 is 2.24 bits per heavy atom. The molecule has 2 rings (SSSR count). The Balaban J connectivity index is 2.31. The van der Waals surface area contributed by atoms with Gasteiger partial charge in [0.1, 0.15) is 0 Å². The minimum absolute atomic E-state index is 0.0630. The lowest BCUT2D eigenvalue weighted by Crippen LogP contribution is -2.30. The Kier molecular flexibility index (Phi) is 3.73. The quantitative estimate of drug-likeness (QED) is 0.863. The first-order chi connectivity index (χ1) is 9.58. The maximum absolute atomic E-state index is 11.2. The van der Waals surface area contributed by atoms with Gasteiger partial charge >= 0.3 is 5.97 Å². The molecule has 0 radical (unpaired) electrons. The van der Waals surface area contributed by atoms with Crippen LogP contribution in [-0.4, -0.2) is 16.9 Å². The molecule has 1 aliphatic carbocycles. The Bertz CT molecular complexity index is 596. The number of carboxylic acids is 1. The molecule has 0 spiro atoms. The van der Waals surface area contributed by atoms with Crippen molar-refractivity contribution in [2.75, 3.05) is 0 Å². The van der Waals surface area contributed by atoms with E-state index in [2.05, 4.69) is 46.8 Å². The molecule has 1 N–H and O–H groups in total. The van der Waals surface area contributed by atoms with Crippen molar-refractivity contribution in [2.24, 2.45) is 5.92 Å². The fraction of sp³-hybridized carbons (Fsp3) is 0.556. The number of hydrogen-bond donors (Lipinski definition) is 1. The summed E-state index contributed by atoms with van der Waals surface area (Å²) < 4.78 is 0. The van der Waals surface area contributed by atoms with E-state index in [-0.39, 0.29) is 17.3 Å². The second-order valence-corrected chi connectivity index (χ2v) is 7.27. The van der Waals surface area contributed by atoms with Gasteiger partial charge in [-0.2, -0.15) is 0 Å². The summed E-state index contributed by atoms with van der Waals surface area (Å²) in [6, 6.07) is 6.35. The third kappa shape index (κ3) is 2.50. The van der Waals surface area contributed by atoms with Gasteiger partial charge < -0.3 is 5.11 Å². The van der Waals surface area contributed by atoms with Crippen LogP contribution in [0.4, 0.5) is 0 Å². The number of fused-ring (bicyclic) bond motifs is 1. The molecule has 0 fully saturated rings. The summed E-state index contributed by atoms with van der Waals surface area (Å²) in [6.07, 6.45) is 0.552. The molecule has 0 bridgehead atoms. The van der Waals surface area contributed by atoms with E-state index < -0.39 is 11.8 Å². The summed E-state index contributed by atoms with van der Waals surface area (Å²) in [5, 5.41) is 8.65. The first-order valence-corrected chi connectivity index (χ1v) is 7.48. The Morgan fingerprint density at radius 2 is 1.67 bits per heavy atom. The van der Waals surface area contributed by atoms with Gasteiger partial charge in [0.25, 0.3) is 0 Å². The first kappa shape index (κ1) is 15.7. The van der Waals surface area contributed by atoms with Gasteiger partial charge in [-0.3, -0.25) is 4.79 Å². The number of aryl methyl sites for hydroxylation is 1. The SMILES string of the molecule is CC1C(C)(C)c2ccc(CCC(=O)C(=O)O)cc2C1(C)C. The molecular weight excluding hydrogens is 264 g/mol.